The fourth-order valence-electron chi connectivity index (χ4n) is 1.81. The summed E-state index contributed by atoms with van der Waals surface area (Å²) >= 11 is 0. The number of hydrogen-bond donors (Lipinski definition) is 0. The van der Waals surface area contributed by atoms with E-state index in [1.54, 1.807) is 0 Å². The highest BCUT2D eigenvalue weighted by molar-refractivity contribution is 4.76. The van der Waals surface area contributed by atoms with Gasteiger partial charge in [-0.1, -0.05) is 20.8 Å². The summed E-state index contributed by atoms with van der Waals surface area (Å²) in [5.74, 6) is 0.740. The predicted molar refractivity (Wildman–Crippen MR) is 67.3 cm³/mol. The lowest BCUT2D eigenvalue weighted by Crippen LogP contribution is -2.30. The van der Waals surface area contributed by atoms with Crippen molar-refractivity contribution in [3.8, 4) is 0 Å². The highest BCUT2D eigenvalue weighted by Crippen LogP contribution is 2.25. The molecule has 0 aromatic carbocycles. The second-order valence-electron chi connectivity index (χ2n) is 5.00. The second kappa shape index (κ2) is 7.24. The first-order chi connectivity index (χ1) is 6.97. The van der Waals surface area contributed by atoms with Crippen LogP contribution in [0, 0.1) is 5.92 Å². The monoisotopic (exact) mass is 215 g/mol. The van der Waals surface area contributed by atoms with Crippen LogP contribution >= 0.6 is 0 Å². The van der Waals surface area contributed by atoms with Crippen LogP contribution < -0.4 is 0 Å². The maximum absolute atomic E-state index is 5.58. The highest BCUT2D eigenvalue weighted by atomic mass is 16.5. The molecule has 0 radical (unpaired) electrons. The Bertz CT molecular complexity index is 155. The van der Waals surface area contributed by atoms with Gasteiger partial charge in [0.15, 0.2) is 0 Å². The number of ether oxygens (including phenoxy) is 1. The van der Waals surface area contributed by atoms with Crippen molar-refractivity contribution in [2.45, 2.75) is 52.6 Å². The predicted octanol–water partition coefficient (Wildman–Crippen LogP) is 3.17. The third-order valence-corrected chi connectivity index (χ3v) is 3.56. The summed E-state index contributed by atoms with van der Waals surface area (Å²) in [6.07, 6.45) is 3.53. The smallest absolute Gasteiger partial charge is 0.0650 e. The van der Waals surface area contributed by atoms with E-state index in [0.717, 1.165) is 25.3 Å². The third-order valence-electron chi connectivity index (χ3n) is 3.56. The van der Waals surface area contributed by atoms with Crippen LogP contribution in [0.5, 0.6) is 0 Å². The standard InChI is InChI=1S/C13H29NO/c1-7-13(4,15-6)11-12(3)9-10-14(5)8-2/h12H,7-11H2,1-6H3. The van der Waals surface area contributed by atoms with Gasteiger partial charge in [-0.05, 0) is 52.2 Å². The van der Waals surface area contributed by atoms with Crippen molar-refractivity contribution in [3.05, 3.63) is 0 Å². The van der Waals surface area contributed by atoms with Crippen molar-refractivity contribution in [2.24, 2.45) is 5.92 Å². The molecule has 0 aliphatic rings. The minimum absolute atomic E-state index is 0.0736. The number of nitrogens with zero attached hydrogens (tertiary/aromatic N) is 1. The van der Waals surface area contributed by atoms with Crippen molar-refractivity contribution in [1.82, 2.24) is 4.90 Å². The minimum Gasteiger partial charge on any atom is -0.379 e. The van der Waals surface area contributed by atoms with Crippen molar-refractivity contribution >= 4 is 0 Å². The second-order valence-corrected chi connectivity index (χ2v) is 5.00. The van der Waals surface area contributed by atoms with E-state index < -0.39 is 0 Å². The van der Waals surface area contributed by atoms with Crippen molar-refractivity contribution in [3.63, 3.8) is 0 Å². The maximum atomic E-state index is 5.58. The molecule has 0 bridgehead atoms. The summed E-state index contributed by atoms with van der Waals surface area (Å²) in [5, 5.41) is 0. The van der Waals surface area contributed by atoms with Gasteiger partial charge in [0.25, 0.3) is 0 Å². The first-order valence-electron chi connectivity index (χ1n) is 6.21. The lowest BCUT2D eigenvalue weighted by molar-refractivity contribution is -0.0166. The van der Waals surface area contributed by atoms with Gasteiger partial charge < -0.3 is 9.64 Å². The average Bonchev–Trinajstić information content (AvgIpc) is 2.25. The Morgan fingerprint density at radius 1 is 1.33 bits per heavy atom. The van der Waals surface area contributed by atoms with Gasteiger partial charge in [-0.15, -0.1) is 0 Å². The van der Waals surface area contributed by atoms with E-state index in [1.165, 1.54) is 13.0 Å². The summed E-state index contributed by atoms with van der Waals surface area (Å²) in [6, 6.07) is 0. The molecular formula is C13H29NO. The van der Waals surface area contributed by atoms with Gasteiger partial charge in [0, 0.05) is 7.11 Å². The van der Waals surface area contributed by atoms with Gasteiger partial charge in [0.1, 0.15) is 0 Å². The summed E-state index contributed by atoms with van der Waals surface area (Å²) in [7, 11) is 4.01. The Hall–Kier alpha value is -0.0800. The molecule has 0 aliphatic carbocycles. The molecule has 0 heterocycles. The lowest BCUT2D eigenvalue weighted by Gasteiger charge is -2.30. The first-order valence-corrected chi connectivity index (χ1v) is 6.21. The van der Waals surface area contributed by atoms with Crippen LogP contribution in [0.4, 0.5) is 0 Å². The number of hydrogen-bond acceptors (Lipinski definition) is 2. The van der Waals surface area contributed by atoms with Gasteiger partial charge in [-0.3, -0.25) is 0 Å². The zero-order valence-corrected chi connectivity index (χ0v) is 11.5. The van der Waals surface area contributed by atoms with Crippen LogP contribution in [0.15, 0.2) is 0 Å². The van der Waals surface area contributed by atoms with Crippen LogP contribution in [0.1, 0.15) is 47.0 Å². The third kappa shape index (κ3) is 6.16. The van der Waals surface area contributed by atoms with E-state index in [2.05, 4.69) is 39.6 Å². The quantitative estimate of drug-likeness (QED) is 0.616. The molecule has 0 amide bonds. The van der Waals surface area contributed by atoms with E-state index in [9.17, 15) is 0 Å². The van der Waals surface area contributed by atoms with Crippen molar-refractivity contribution in [1.29, 1.82) is 0 Å². The number of methoxy groups -OCH3 is 1. The molecule has 0 aromatic rings. The normalized spacial score (nSPS) is 17.8. The molecule has 0 N–H and O–H groups in total. The highest BCUT2D eigenvalue weighted by Gasteiger charge is 2.23. The van der Waals surface area contributed by atoms with E-state index in [-0.39, 0.29) is 5.60 Å². The van der Waals surface area contributed by atoms with E-state index >= 15 is 0 Å². The van der Waals surface area contributed by atoms with Gasteiger partial charge in [0.2, 0.25) is 0 Å². The van der Waals surface area contributed by atoms with Crippen LogP contribution in [0.25, 0.3) is 0 Å². The topological polar surface area (TPSA) is 12.5 Å². The summed E-state index contributed by atoms with van der Waals surface area (Å²) in [4.78, 5) is 2.37. The van der Waals surface area contributed by atoms with Crippen molar-refractivity contribution < 1.29 is 4.74 Å². The SMILES string of the molecule is CCN(C)CCC(C)CC(C)(CC)OC. The Morgan fingerprint density at radius 3 is 2.33 bits per heavy atom. The molecule has 0 saturated heterocycles. The molecule has 0 aromatic heterocycles. The first kappa shape index (κ1) is 14.9. The van der Waals surface area contributed by atoms with Crippen LogP contribution in [0.2, 0.25) is 0 Å². The zero-order valence-electron chi connectivity index (χ0n) is 11.5. The molecule has 2 heteroatoms. The Balaban J connectivity index is 3.86. The summed E-state index contributed by atoms with van der Waals surface area (Å²) < 4.78 is 5.58. The molecule has 15 heavy (non-hydrogen) atoms. The largest absolute Gasteiger partial charge is 0.379 e. The van der Waals surface area contributed by atoms with Gasteiger partial charge in [-0.2, -0.15) is 0 Å². The van der Waals surface area contributed by atoms with E-state index in [0.29, 0.717) is 0 Å². The molecule has 0 rings (SSSR count). The molecule has 0 fully saturated rings. The van der Waals surface area contributed by atoms with Crippen molar-refractivity contribution in [2.75, 3.05) is 27.2 Å². The molecule has 0 aliphatic heterocycles. The molecule has 2 nitrogen and oxygen atoms in total. The van der Waals surface area contributed by atoms with Gasteiger partial charge in [-0.25, -0.2) is 0 Å². The van der Waals surface area contributed by atoms with Crippen LogP contribution in [-0.2, 0) is 4.74 Å². The minimum atomic E-state index is 0.0736. The van der Waals surface area contributed by atoms with Crippen LogP contribution in [0.3, 0.4) is 0 Å². The molecule has 2 unspecified atom stereocenters. The fourth-order valence-corrected chi connectivity index (χ4v) is 1.81. The van der Waals surface area contributed by atoms with E-state index in [4.69, 9.17) is 4.74 Å². The maximum Gasteiger partial charge on any atom is 0.0650 e. The fraction of sp³-hybridized carbons (Fsp3) is 1.00. The van der Waals surface area contributed by atoms with Gasteiger partial charge in [0.05, 0.1) is 5.60 Å². The summed E-state index contributed by atoms with van der Waals surface area (Å²) in [5.41, 5.74) is 0.0736. The van der Waals surface area contributed by atoms with Crippen LogP contribution in [-0.4, -0.2) is 37.7 Å². The Labute approximate surface area is 96.0 Å². The molecular weight excluding hydrogens is 186 g/mol. The molecule has 0 saturated carbocycles. The van der Waals surface area contributed by atoms with E-state index in [1.807, 2.05) is 7.11 Å². The number of rotatable bonds is 8. The lowest BCUT2D eigenvalue weighted by atomic mass is 9.89. The van der Waals surface area contributed by atoms with Gasteiger partial charge >= 0.3 is 0 Å². The molecule has 0 spiro atoms. The Morgan fingerprint density at radius 2 is 1.93 bits per heavy atom. The summed E-state index contributed by atoms with van der Waals surface area (Å²) in [6.45, 7) is 11.3. The molecule has 92 valence electrons. The Kier molecular flexibility index (Phi) is 7.20. The average molecular weight is 215 g/mol. The zero-order chi connectivity index (χ0) is 11.9. The molecule has 2 atom stereocenters.